The number of aromatic hydroxyl groups is 1. The largest absolute Gasteiger partial charge is 0.479 e. The van der Waals surface area contributed by atoms with Crippen LogP contribution in [0.5, 0.6) is 5.95 Å². The summed E-state index contributed by atoms with van der Waals surface area (Å²) in [5.74, 6) is -0.0812. The van der Waals surface area contributed by atoms with Crippen LogP contribution in [0, 0.1) is 0 Å². The highest BCUT2D eigenvalue weighted by Crippen LogP contribution is 2.35. The Bertz CT molecular complexity index is 941. The molecule has 24 heavy (non-hydrogen) atoms. The third kappa shape index (κ3) is 3.59. The van der Waals surface area contributed by atoms with Gasteiger partial charge in [-0.25, -0.2) is 4.98 Å². The maximum Gasteiger partial charge on any atom is 0.312 e. The van der Waals surface area contributed by atoms with Gasteiger partial charge in [-0.2, -0.15) is 0 Å². The van der Waals surface area contributed by atoms with Gasteiger partial charge in [0.25, 0.3) is 0 Å². The number of hydrogen-bond donors (Lipinski definition) is 1. The van der Waals surface area contributed by atoms with Crippen LogP contribution >= 0.6 is 50.7 Å². The number of hydrogen-bond acceptors (Lipinski definition) is 4. The molecule has 1 N–H and O–H groups in total. The molecule has 0 aliphatic carbocycles. The van der Waals surface area contributed by atoms with E-state index in [1.54, 1.807) is 0 Å². The summed E-state index contributed by atoms with van der Waals surface area (Å²) in [4.78, 5) is 8.40. The van der Waals surface area contributed by atoms with Crippen LogP contribution in [0.1, 0.15) is 5.69 Å². The fraction of sp³-hybridized carbons (Fsp3) is 0. The quantitative estimate of drug-likeness (QED) is 0.368. The Morgan fingerprint density at radius 3 is 2.54 bits per heavy atom. The molecule has 0 saturated heterocycles. The van der Waals surface area contributed by atoms with Gasteiger partial charge < -0.3 is 9.52 Å². The fourth-order valence-corrected chi connectivity index (χ4v) is 2.94. The maximum atomic E-state index is 9.91. The Labute approximate surface area is 160 Å². The fourth-order valence-electron chi connectivity index (χ4n) is 1.90. The van der Waals surface area contributed by atoms with Crippen molar-refractivity contribution in [3.8, 4) is 17.4 Å². The molecular formula is C16H8BrCl3N2O2. The van der Waals surface area contributed by atoms with Crippen molar-refractivity contribution in [2.45, 2.75) is 0 Å². The van der Waals surface area contributed by atoms with Gasteiger partial charge in [0, 0.05) is 4.47 Å². The molecule has 122 valence electrons. The minimum Gasteiger partial charge on any atom is -0.479 e. The highest BCUT2D eigenvalue weighted by Gasteiger charge is 2.14. The van der Waals surface area contributed by atoms with Crippen molar-refractivity contribution < 1.29 is 9.52 Å². The lowest BCUT2D eigenvalue weighted by Gasteiger charge is -2.00. The highest BCUT2D eigenvalue weighted by molar-refractivity contribution is 9.10. The number of halogens is 4. The molecule has 0 aliphatic heterocycles. The van der Waals surface area contributed by atoms with E-state index in [-0.39, 0.29) is 17.5 Å². The lowest BCUT2D eigenvalue weighted by atomic mass is 10.2. The van der Waals surface area contributed by atoms with E-state index in [2.05, 4.69) is 25.9 Å². The molecule has 2 aromatic carbocycles. The predicted molar refractivity (Wildman–Crippen MR) is 100 cm³/mol. The molecule has 0 aliphatic rings. The SMILES string of the molecule is Oc1oc(-c2ccccc2Br)nc1C=Nc1cc(Cl)c(Cl)cc1Cl. The molecule has 0 radical (unpaired) electrons. The first-order valence-electron chi connectivity index (χ1n) is 6.59. The van der Waals surface area contributed by atoms with Gasteiger partial charge in [0.15, 0.2) is 5.69 Å². The van der Waals surface area contributed by atoms with Gasteiger partial charge in [-0.3, -0.25) is 4.99 Å². The van der Waals surface area contributed by atoms with Crippen molar-refractivity contribution in [3.63, 3.8) is 0 Å². The average molecular weight is 447 g/mol. The average Bonchev–Trinajstić information content (AvgIpc) is 2.91. The van der Waals surface area contributed by atoms with Gasteiger partial charge in [0.2, 0.25) is 5.89 Å². The number of nitrogens with zero attached hydrogens (tertiary/aromatic N) is 2. The third-order valence-electron chi connectivity index (χ3n) is 3.05. The molecule has 1 aromatic heterocycles. The second-order valence-corrected chi connectivity index (χ2v) is 6.74. The van der Waals surface area contributed by atoms with Gasteiger partial charge in [-0.05, 0) is 40.2 Å². The molecule has 3 aromatic rings. The summed E-state index contributed by atoms with van der Waals surface area (Å²) in [6, 6.07) is 10.4. The van der Waals surface area contributed by atoms with Gasteiger partial charge >= 0.3 is 5.95 Å². The molecule has 3 rings (SSSR count). The van der Waals surface area contributed by atoms with Crippen molar-refractivity contribution in [1.82, 2.24) is 4.98 Å². The van der Waals surface area contributed by atoms with E-state index in [0.717, 1.165) is 4.47 Å². The highest BCUT2D eigenvalue weighted by atomic mass is 79.9. The number of aliphatic imine (C=N–C) groups is 1. The molecule has 0 saturated carbocycles. The first-order valence-corrected chi connectivity index (χ1v) is 8.51. The topological polar surface area (TPSA) is 58.6 Å². The zero-order valence-electron chi connectivity index (χ0n) is 11.8. The lowest BCUT2D eigenvalue weighted by molar-refractivity contribution is 0.337. The Morgan fingerprint density at radius 2 is 1.79 bits per heavy atom. The van der Waals surface area contributed by atoms with Gasteiger partial charge in [-0.1, -0.05) is 46.9 Å². The molecule has 0 amide bonds. The summed E-state index contributed by atoms with van der Waals surface area (Å²) < 4.78 is 6.08. The molecule has 1 heterocycles. The minimum absolute atomic E-state index is 0.169. The van der Waals surface area contributed by atoms with E-state index in [9.17, 15) is 5.11 Å². The summed E-state index contributed by atoms with van der Waals surface area (Å²) >= 11 is 21.3. The molecular weight excluding hydrogens is 438 g/mol. The number of oxazole rings is 1. The smallest absolute Gasteiger partial charge is 0.312 e. The molecule has 8 heteroatoms. The first kappa shape index (κ1) is 17.3. The van der Waals surface area contributed by atoms with Gasteiger partial charge in [0.1, 0.15) is 0 Å². The maximum absolute atomic E-state index is 9.91. The zero-order valence-corrected chi connectivity index (χ0v) is 15.7. The van der Waals surface area contributed by atoms with E-state index < -0.39 is 0 Å². The van der Waals surface area contributed by atoms with E-state index in [4.69, 9.17) is 39.2 Å². The number of rotatable bonds is 3. The van der Waals surface area contributed by atoms with Crippen molar-refractivity contribution in [1.29, 1.82) is 0 Å². The van der Waals surface area contributed by atoms with Crippen LogP contribution in [0.15, 0.2) is 50.3 Å². The molecule has 0 spiro atoms. The molecule has 0 unspecified atom stereocenters. The number of aromatic nitrogens is 1. The second-order valence-electron chi connectivity index (χ2n) is 4.67. The Morgan fingerprint density at radius 1 is 1.08 bits per heavy atom. The van der Waals surface area contributed by atoms with Crippen molar-refractivity contribution >= 4 is 62.6 Å². The molecule has 0 bridgehead atoms. The van der Waals surface area contributed by atoms with Crippen molar-refractivity contribution in [3.05, 3.63) is 61.6 Å². The van der Waals surface area contributed by atoms with Crippen molar-refractivity contribution in [2.24, 2.45) is 4.99 Å². The zero-order chi connectivity index (χ0) is 17.3. The van der Waals surface area contributed by atoms with Crippen LogP contribution in [0.25, 0.3) is 11.5 Å². The molecule has 0 fully saturated rings. The minimum atomic E-state index is -0.347. The van der Waals surface area contributed by atoms with Crippen LogP contribution in [-0.4, -0.2) is 16.3 Å². The van der Waals surface area contributed by atoms with E-state index in [1.165, 1.54) is 18.3 Å². The summed E-state index contributed by atoms with van der Waals surface area (Å²) in [5.41, 5.74) is 1.28. The third-order valence-corrected chi connectivity index (χ3v) is 4.77. The summed E-state index contributed by atoms with van der Waals surface area (Å²) in [7, 11) is 0. The van der Waals surface area contributed by atoms with E-state index in [1.807, 2.05) is 24.3 Å². The summed E-state index contributed by atoms with van der Waals surface area (Å²) in [5, 5.41) is 10.9. The normalized spacial score (nSPS) is 11.3. The number of benzene rings is 2. The van der Waals surface area contributed by atoms with Crippen LogP contribution < -0.4 is 0 Å². The molecule has 0 atom stereocenters. The van der Waals surface area contributed by atoms with Crippen LogP contribution in [0.3, 0.4) is 0 Å². The summed E-state index contributed by atoms with van der Waals surface area (Å²) in [6.45, 7) is 0. The van der Waals surface area contributed by atoms with Crippen LogP contribution in [0.2, 0.25) is 15.1 Å². The van der Waals surface area contributed by atoms with Crippen LogP contribution in [-0.2, 0) is 0 Å². The monoisotopic (exact) mass is 444 g/mol. The van der Waals surface area contributed by atoms with E-state index in [0.29, 0.717) is 26.3 Å². The Hall–Kier alpha value is -1.53. The second kappa shape index (κ2) is 7.15. The Kier molecular flexibility index (Phi) is 5.15. The predicted octanol–water partition coefficient (Wildman–Crippen LogP) is 6.52. The standard InChI is InChI=1S/C16H8BrCl3N2O2/c17-9-4-2-1-3-8(9)15-22-14(16(23)24-15)7-21-13-6-11(19)10(18)5-12(13)20/h1-7,23H. The van der Waals surface area contributed by atoms with Crippen molar-refractivity contribution in [2.75, 3.05) is 0 Å². The van der Waals surface area contributed by atoms with E-state index >= 15 is 0 Å². The van der Waals surface area contributed by atoms with Gasteiger partial charge in [0.05, 0.1) is 32.5 Å². The Balaban J connectivity index is 1.95. The summed E-state index contributed by atoms with van der Waals surface area (Å²) in [6.07, 6.45) is 1.34. The first-order chi connectivity index (χ1) is 11.5. The van der Waals surface area contributed by atoms with Crippen LogP contribution in [0.4, 0.5) is 5.69 Å². The molecule has 4 nitrogen and oxygen atoms in total. The lowest BCUT2D eigenvalue weighted by Crippen LogP contribution is -1.84. The van der Waals surface area contributed by atoms with Gasteiger partial charge in [-0.15, -0.1) is 0 Å².